The van der Waals surface area contributed by atoms with Gasteiger partial charge >= 0.3 is 6.18 Å². The van der Waals surface area contributed by atoms with Crippen LogP contribution < -0.4 is 5.32 Å². The average molecular weight is 342 g/mol. The predicted octanol–water partition coefficient (Wildman–Crippen LogP) is 4.11. The van der Waals surface area contributed by atoms with Crippen LogP contribution in [0.4, 0.5) is 19.0 Å². The van der Waals surface area contributed by atoms with Gasteiger partial charge in [0.25, 0.3) is 0 Å². The van der Waals surface area contributed by atoms with E-state index in [1.165, 1.54) is 6.20 Å². The molecule has 2 aromatic rings. The smallest absolute Gasteiger partial charge is 0.369 e. The molecule has 124 valence electrons. The van der Waals surface area contributed by atoms with Crippen molar-refractivity contribution in [3.63, 3.8) is 0 Å². The first kappa shape index (κ1) is 17.5. The van der Waals surface area contributed by atoms with Gasteiger partial charge in [0.2, 0.25) is 0 Å². The molecule has 0 atom stereocenters. The molecule has 23 heavy (non-hydrogen) atoms. The Hall–Kier alpha value is -1.83. The molecule has 2 heterocycles. The normalized spacial score (nSPS) is 12.3. The fourth-order valence-corrected chi connectivity index (χ4v) is 1.88. The van der Waals surface area contributed by atoms with E-state index in [9.17, 15) is 13.2 Å². The summed E-state index contributed by atoms with van der Waals surface area (Å²) >= 11 is 1.62. The molecule has 8 heteroatoms. The quantitative estimate of drug-likeness (QED) is 0.886. The number of hydrogen-bond acceptors (Lipinski definition) is 5. The molecule has 4 nitrogen and oxygen atoms in total. The zero-order valence-corrected chi connectivity index (χ0v) is 13.8. The van der Waals surface area contributed by atoms with Gasteiger partial charge in [-0.2, -0.15) is 24.9 Å². The summed E-state index contributed by atoms with van der Waals surface area (Å²) < 4.78 is 39.1. The second-order valence-electron chi connectivity index (χ2n) is 5.49. The topological polar surface area (TPSA) is 50.7 Å². The Balaban J connectivity index is 2.38. The van der Waals surface area contributed by atoms with Gasteiger partial charge in [-0.15, -0.1) is 0 Å². The minimum atomic E-state index is -4.54. The lowest BCUT2D eigenvalue weighted by atomic mass is 10.2. The number of pyridine rings is 1. The largest absolute Gasteiger partial charge is 0.433 e. The van der Waals surface area contributed by atoms with E-state index in [4.69, 9.17) is 0 Å². The van der Waals surface area contributed by atoms with Crippen molar-refractivity contribution in [2.75, 3.05) is 18.1 Å². The molecule has 0 fully saturated rings. The van der Waals surface area contributed by atoms with E-state index in [0.29, 0.717) is 12.2 Å². The fraction of sp³-hybridized carbons (Fsp3) is 0.400. The van der Waals surface area contributed by atoms with E-state index in [2.05, 4.69) is 20.3 Å². The zero-order chi connectivity index (χ0) is 17.1. The van der Waals surface area contributed by atoms with Crippen LogP contribution in [0.5, 0.6) is 0 Å². The summed E-state index contributed by atoms with van der Waals surface area (Å²) in [6.07, 6.45) is -1.11. The molecule has 0 bridgehead atoms. The molecule has 0 aromatic carbocycles. The maximum Gasteiger partial charge on any atom is 0.433 e. The maximum atomic E-state index is 13.1. The molecular weight excluding hydrogens is 325 g/mol. The second-order valence-corrected chi connectivity index (χ2v) is 7.01. The summed E-state index contributed by atoms with van der Waals surface area (Å²) in [4.78, 5) is 11.8. The predicted molar refractivity (Wildman–Crippen MR) is 86.3 cm³/mol. The first-order valence-corrected chi connectivity index (χ1v) is 8.10. The molecule has 1 N–H and O–H groups in total. The van der Waals surface area contributed by atoms with E-state index in [0.717, 1.165) is 6.07 Å². The van der Waals surface area contributed by atoms with Crippen molar-refractivity contribution in [2.45, 2.75) is 24.8 Å². The van der Waals surface area contributed by atoms with Crippen LogP contribution in [0.3, 0.4) is 0 Å². The highest BCUT2D eigenvalue weighted by Gasteiger charge is 2.34. The first-order chi connectivity index (χ1) is 10.7. The number of aromatic nitrogens is 3. The van der Waals surface area contributed by atoms with Gasteiger partial charge in [-0.1, -0.05) is 6.07 Å². The number of nitrogens with one attached hydrogen (secondary N) is 1. The first-order valence-electron chi connectivity index (χ1n) is 6.88. The van der Waals surface area contributed by atoms with Gasteiger partial charge in [0.1, 0.15) is 11.5 Å². The van der Waals surface area contributed by atoms with Crippen molar-refractivity contribution >= 4 is 17.6 Å². The van der Waals surface area contributed by atoms with Gasteiger partial charge < -0.3 is 5.32 Å². The van der Waals surface area contributed by atoms with E-state index in [-0.39, 0.29) is 16.4 Å². The number of alkyl halides is 3. The Morgan fingerprint density at radius 2 is 1.91 bits per heavy atom. The highest BCUT2D eigenvalue weighted by Crippen LogP contribution is 2.31. The van der Waals surface area contributed by atoms with Crippen LogP contribution in [0.2, 0.25) is 0 Å². The number of halogens is 3. The van der Waals surface area contributed by atoms with Crippen LogP contribution in [0.15, 0.2) is 30.5 Å². The Bertz CT molecular complexity index is 660. The minimum Gasteiger partial charge on any atom is -0.369 e. The Morgan fingerprint density at radius 3 is 2.48 bits per heavy atom. The van der Waals surface area contributed by atoms with E-state index >= 15 is 0 Å². The third kappa shape index (κ3) is 4.82. The monoisotopic (exact) mass is 342 g/mol. The highest BCUT2D eigenvalue weighted by atomic mass is 32.2. The zero-order valence-electron chi connectivity index (χ0n) is 13.0. The lowest BCUT2D eigenvalue weighted by Gasteiger charge is -2.23. The fourth-order valence-electron chi connectivity index (χ4n) is 1.67. The van der Waals surface area contributed by atoms with Crippen molar-refractivity contribution in [1.82, 2.24) is 15.0 Å². The molecular formula is C15H17F3N4S. The molecule has 2 rings (SSSR count). The molecule has 0 aliphatic carbocycles. The van der Waals surface area contributed by atoms with Crippen molar-refractivity contribution in [3.05, 3.63) is 36.2 Å². The molecule has 0 unspecified atom stereocenters. The molecule has 0 spiro atoms. The number of rotatable bonds is 5. The van der Waals surface area contributed by atoms with Crippen molar-refractivity contribution < 1.29 is 13.2 Å². The lowest BCUT2D eigenvalue weighted by molar-refractivity contribution is -0.141. The third-order valence-electron chi connectivity index (χ3n) is 3.16. The molecule has 0 aliphatic rings. The van der Waals surface area contributed by atoms with Gasteiger partial charge in [-0.05, 0) is 32.2 Å². The van der Waals surface area contributed by atoms with Gasteiger partial charge in [-0.25, -0.2) is 9.97 Å². The second kappa shape index (κ2) is 6.74. The summed E-state index contributed by atoms with van der Waals surface area (Å²) in [5, 5.41) is 2.96. The lowest BCUT2D eigenvalue weighted by Crippen LogP contribution is -2.26. The van der Waals surface area contributed by atoms with Crippen molar-refractivity contribution in [3.8, 4) is 11.5 Å². The summed E-state index contributed by atoms with van der Waals surface area (Å²) in [6.45, 7) is 4.47. The molecule has 0 saturated carbocycles. The van der Waals surface area contributed by atoms with Crippen LogP contribution in [-0.4, -0.2) is 32.5 Å². The van der Waals surface area contributed by atoms with Crippen LogP contribution in [0.1, 0.15) is 19.5 Å². The summed E-state index contributed by atoms with van der Waals surface area (Å²) in [7, 11) is 0. The average Bonchev–Trinajstić information content (AvgIpc) is 2.53. The van der Waals surface area contributed by atoms with Gasteiger partial charge in [0.05, 0.1) is 0 Å². The Morgan fingerprint density at radius 1 is 1.17 bits per heavy atom. The van der Waals surface area contributed by atoms with E-state index in [1.807, 2.05) is 20.1 Å². The highest BCUT2D eigenvalue weighted by molar-refractivity contribution is 7.99. The Labute approximate surface area is 137 Å². The van der Waals surface area contributed by atoms with Crippen LogP contribution >= 0.6 is 11.8 Å². The maximum absolute atomic E-state index is 13.1. The van der Waals surface area contributed by atoms with Gasteiger partial charge in [0.15, 0.2) is 11.5 Å². The number of hydrogen-bond donors (Lipinski definition) is 1. The van der Waals surface area contributed by atoms with Crippen LogP contribution in [-0.2, 0) is 6.18 Å². The molecule has 2 aromatic heterocycles. The molecule has 0 aliphatic heterocycles. The minimum absolute atomic E-state index is 0.0510. The van der Waals surface area contributed by atoms with Crippen molar-refractivity contribution in [2.24, 2.45) is 0 Å². The molecule has 0 radical (unpaired) electrons. The SMILES string of the molecule is CSC(C)(C)CNc1cc(C(F)(F)F)nc(-c2ccccn2)n1. The van der Waals surface area contributed by atoms with Crippen LogP contribution in [0.25, 0.3) is 11.5 Å². The van der Waals surface area contributed by atoms with E-state index < -0.39 is 11.9 Å². The summed E-state index contributed by atoms with van der Waals surface area (Å²) in [5.41, 5.74) is -0.691. The van der Waals surface area contributed by atoms with E-state index in [1.54, 1.807) is 30.0 Å². The Kier molecular flexibility index (Phi) is 5.13. The van der Waals surface area contributed by atoms with Crippen molar-refractivity contribution in [1.29, 1.82) is 0 Å². The standard InChI is InChI=1S/C15H17F3N4S/c1-14(2,23-3)9-20-12-8-11(15(16,17)18)21-13(22-12)10-6-4-5-7-19-10/h4-8H,9H2,1-3H3,(H,20,21,22). The summed E-state index contributed by atoms with van der Waals surface area (Å²) in [6, 6.07) is 5.85. The molecule has 0 amide bonds. The van der Waals surface area contributed by atoms with Crippen LogP contribution in [0, 0.1) is 0 Å². The third-order valence-corrected chi connectivity index (χ3v) is 4.41. The number of nitrogens with zero attached hydrogens (tertiary/aromatic N) is 3. The van der Waals surface area contributed by atoms with Gasteiger partial charge in [-0.3, -0.25) is 4.98 Å². The summed E-state index contributed by atoms with van der Waals surface area (Å²) in [5.74, 6) is 0.0833. The number of anilines is 1. The molecule has 0 saturated heterocycles. The number of thioether (sulfide) groups is 1. The van der Waals surface area contributed by atoms with Gasteiger partial charge in [0, 0.05) is 23.6 Å².